The quantitative estimate of drug-likeness (QED) is 0.137. The van der Waals surface area contributed by atoms with E-state index in [1.165, 1.54) is 11.8 Å². The van der Waals surface area contributed by atoms with Crippen LogP contribution in [0.5, 0.6) is 0 Å². The molecule has 0 spiro atoms. The Kier molecular flexibility index (Phi) is 6.92. The van der Waals surface area contributed by atoms with Gasteiger partial charge in [-0.3, -0.25) is 9.36 Å². The van der Waals surface area contributed by atoms with E-state index in [0.717, 1.165) is 30.8 Å². The van der Waals surface area contributed by atoms with Crippen LogP contribution in [0.1, 0.15) is 15.9 Å². The molecule has 1 heterocycles. The fraction of sp³-hybridized carbons (Fsp3) is 0.0400. The smallest absolute Gasteiger partial charge is 0.197 e. The van der Waals surface area contributed by atoms with Crippen LogP contribution in [-0.2, 0) is 0 Å². The van der Waals surface area contributed by atoms with Gasteiger partial charge >= 0.3 is 0 Å². The summed E-state index contributed by atoms with van der Waals surface area (Å²) >= 11 is 14.4. The molecule has 0 bridgehead atoms. The van der Waals surface area contributed by atoms with Crippen molar-refractivity contribution in [2.75, 3.05) is 6.26 Å². The van der Waals surface area contributed by atoms with Crippen LogP contribution in [0.2, 0.25) is 0 Å². The molecular formula is C25H17Br2NOS2. The monoisotopic (exact) mass is 569 g/mol. The first-order valence-corrected chi connectivity index (χ1v) is 12.7. The summed E-state index contributed by atoms with van der Waals surface area (Å²) < 4.78 is 4.43. The van der Waals surface area contributed by atoms with Crippen LogP contribution in [0.3, 0.4) is 0 Å². The van der Waals surface area contributed by atoms with Crippen molar-refractivity contribution >= 4 is 61.6 Å². The molecule has 2 nitrogen and oxygen atoms in total. The topological polar surface area (TPSA) is 22.0 Å². The molecule has 0 aliphatic carbocycles. The van der Waals surface area contributed by atoms with E-state index in [1.807, 2.05) is 89.7 Å². The van der Waals surface area contributed by atoms with E-state index in [9.17, 15) is 4.79 Å². The molecular weight excluding hydrogens is 554 g/mol. The lowest BCUT2D eigenvalue weighted by atomic mass is 10.0. The number of carbonyl (C=O) groups excluding carboxylic acids is 1. The zero-order chi connectivity index (χ0) is 22.0. The number of thioether (sulfide) groups is 1. The molecule has 0 atom stereocenters. The molecule has 31 heavy (non-hydrogen) atoms. The van der Waals surface area contributed by atoms with E-state index < -0.39 is 0 Å². The van der Waals surface area contributed by atoms with Crippen LogP contribution in [0.15, 0.2) is 98.8 Å². The largest absolute Gasteiger partial charge is 0.300 e. The maximum Gasteiger partial charge on any atom is 0.197 e. The van der Waals surface area contributed by atoms with E-state index in [0.29, 0.717) is 15.8 Å². The first-order chi connectivity index (χ1) is 15.0. The van der Waals surface area contributed by atoms with E-state index >= 15 is 0 Å². The molecule has 0 fully saturated rings. The van der Waals surface area contributed by atoms with Crippen LogP contribution in [0, 0.1) is 4.64 Å². The first-order valence-electron chi connectivity index (χ1n) is 9.45. The van der Waals surface area contributed by atoms with E-state index in [-0.39, 0.29) is 5.78 Å². The summed E-state index contributed by atoms with van der Waals surface area (Å²) in [6.45, 7) is 0. The second-order valence-corrected chi connectivity index (χ2v) is 9.86. The molecule has 0 aliphatic rings. The second kappa shape index (κ2) is 9.65. The number of rotatable bonds is 5. The van der Waals surface area contributed by atoms with Gasteiger partial charge in [0.15, 0.2) is 5.78 Å². The van der Waals surface area contributed by atoms with Gasteiger partial charge in [0, 0.05) is 25.1 Å². The summed E-state index contributed by atoms with van der Waals surface area (Å²) in [6, 6.07) is 27.5. The maximum absolute atomic E-state index is 13.5. The highest BCUT2D eigenvalue weighted by molar-refractivity contribution is 9.10. The Balaban J connectivity index is 2.01. The number of para-hydroxylation sites is 1. The number of ketones is 1. The Bertz CT molecular complexity index is 1300. The molecule has 0 radical (unpaired) electrons. The summed E-state index contributed by atoms with van der Waals surface area (Å²) in [5.74, 6) is -0.0751. The summed E-state index contributed by atoms with van der Waals surface area (Å²) in [4.78, 5) is 14.4. The van der Waals surface area contributed by atoms with Crippen molar-refractivity contribution in [3.05, 3.63) is 110 Å². The summed E-state index contributed by atoms with van der Waals surface area (Å²) in [5.41, 5.74) is 4.05. The van der Waals surface area contributed by atoms with Crippen molar-refractivity contribution in [1.82, 2.24) is 4.57 Å². The van der Waals surface area contributed by atoms with Crippen LogP contribution in [0.25, 0.3) is 16.9 Å². The Morgan fingerprint density at radius 2 is 1.45 bits per heavy atom. The molecule has 0 unspecified atom stereocenters. The third-order valence-electron chi connectivity index (χ3n) is 4.88. The van der Waals surface area contributed by atoms with Crippen LogP contribution in [-0.4, -0.2) is 16.6 Å². The fourth-order valence-corrected chi connectivity index (χ4v) is 4.99. The lowest BCUT2D eigenvalue weighted by Gasteiger charge is -2.19. The number of aromatic nitrogens is 1. The lowest BCUT2D eigenvalue weighted by Crippen LogP contribution is -2.11. The van der Waals surface area contributed by atoms with E-state index in [4.69, 9.17) is 12.2 Å². The number of halogens is 2. The third kappa shape index (κ3) is 4.62. The zero-order valence-electron chi connectivity index (χ0n) is 16.5. The third-order valence-corrected chi connectivity index (χ3v) is 7.09. The molecule has 1 aromatic heterocycles. The Morgan fingerprint density at radius 1 is 0.871 bits per heavy atom. The summed E-state index contributed by atoms with van der Waals surface area (Å²) in [7, 11) is 0. The minimum Gasteiger partial charge on any atom is -0.300 e. The average Bonchev–Trinajstić information content (AvgIpc) is 2.79. The molecule has 4 aromatic rings. The van der Waals surface area contributed by atoms with Crippen molar-refractivity contribution in [3.63, 3.8) is 0 Å². The highest BCUT2D eigenvalue weighted by Crippen LogP contribution is 2.33. The van der Waals surface area contributed by atoms with E-state index in [1.54, 1.807) is 0 Å². The van der Waals surface area contributed by atoms with Gasteiger partial charge in [0.2, 0.25) is 0 Å². The average molecular weight is 571 g/mol. The fourth-order valence-electron chi connectivity index (χ4n) is 3.37. The molecule has 0 aliphatic heterocycles. The van der Waals surface area contributed by atoms with Gasteiger partial charge in [0.25, 0.3) is 0 Å². The molecule has 0 saturated heterocycles. The van der Waals surface area contributed by atoms with Gasteiger partial charge in [-0.2, -0.15) is 0 Å². The number of benzene rings is 3. The summed E-state index contributed by atoms with van der Waals surface area (Å²) in [5, 5.41) is 0. The SMILES string of the molecule is CSc1cc(-c2ccc(Br)cc2)n(-c2ccccc2)c(=S)c1C(=O)c1ccc(Br)cc1. The van der Waals surface area contributed by atoms with Gasteiger partial charge in [-0.25, -0.2) is 0 Å². The molecule has 3 aromatic carbocycles. The van der Waals surface area contributed by atoms with Crippen LogP contribution < -0.4 is 0 Å². The van der Waals surface area contributed by atoms with Crippen molar-refractivity contribution in [2.24, 2.45) is 0 Å². The van der Waals surface area contributed by atoms with Crippen molar-refractivity contribution in [3.8, 4) is 16.9 Å². The normalized spacial score (nSPS) is 10.8. The minimum absolute atomic E-state index is 0.0751. The van der Waals surface area contributed by atoms with Gasteiger partial charge < -0.3 is 0 Å². The lowest BCUT2D eigenvalue weighted by molar-refractivity contribution is 0.103. The number of pyridine rings is 1. The van der Waals surface area contributed by atoms with Gasteiger partial charge in [-0.05, 0) is 66.4 Å². The highest BCUT2D eigenvalue weighted by Gasteiger charge is 2.21. The molecule has 4 rings (SSSR count). The second-order valence-electron chi connectivity index (χ2n) is 6.79. The van der Waals surface area contributed by atoms with Crippen molar-refractivity contribution in [2.45, 2.75) is 4.90 Å². The Hall–Kier alpha value is -1.99. The number of hydrogen-bond acceptors (Lipinski definition) is 3. The predicted molar refractivity (Wildman–Crippen MR) is 139 cm³/mol. The summed E-state index contributed by atoms with van der Waals surface area (Å²) in [6.07, 6.45) is 1.97. The minimum atomic E-state index is -0.0751. The number of hydrogen-bond donors (Lipinski definition) is 0. The number of nitrogens with zero attached hydrogens (tertiary/aromatic N) is 1. The predicted octanol–water partition coefficient (Wildman–Crippen LogP) is 8.35. The van der Waals surface area contributed by atoms with Gasteiger partial charge in [0.05, 0.1) is 11.3 Å². The maximum atomic E-state index is 13.5. The van der Waals surface area contributed by atoms with Gasteiger partial charge in [0.1, 0.15) is 4.64 Å². The molecule has 0 saturated carbocycles. The van der Waals surface area contributed by atoms with Crippen molar-refractivity contribution in [1.29, 1.82) is 0 Å². The van der Waals surface area contributed by atoms with Gasteiger partial charge in [-0.1, -0.05) is 74.4 Å². The standard InChI is InChI=1S/C25H17Br2NOS2/c1-31-22-15-21(16-7-11-18(26)12-8-16)28(20-5-3-2-4-6-20)25(30)23(22)24(29)17-9-13-19(27)14-10-17/h2-15H,1H3. The molecule has 0 N–H and O–H groups in total. The highest BCUT2D eigenvalue weighted by atomic mass is 79.9. The Morgan fingerprint density at radius 3 is 2.03 bits per heavy atom. The van der Waals surface area contributed by atoms with Crippen molar-refractivity contribution < 1.29 is 4.79 Å². The first kappa shape index (κ1) is 22.2. The van der Waals surface area contributed by atoms with Crippen LogP contribution >= 0.6 is 55.8 Å². The number of carbonyl (C=O) groups is 1. The van der Waals surface area contributed by atoms with Crippen LogP contribution in [0.4, 0.5) is 0 Å². The van der Waals surface area contributed by atoms with Gasteiger partial charge in [-0.15, -0.1) is 11.8 Å². The molecule has 0 amide bonds. The van der Waals surface area contributed by atoms with E-state index in [2.05, 4.69) is 37.9 Å². The zero-order valence-corrected chi connectivity index (χ0v) is 21.3. The molecule has 154 valence electrons. The molecule has 6 heteroatoms. The Labute approximate surface area is 207 Å².